The monoisotopic (exact) mass is 267 g/mol. The molecule has 0 spiro atoms. The van der Waals surface area contributed by atoms with Crippen molar-refractivity contribution in [3.63, 3.8) is 0 Å². The number of carbonyl (C=O) groups excluding carboxylic acids is 1. The van der Waals surface area contributed by atoms with Crippen LogP contribution in [0.3, 0.4) is 0 Å². The molecule has 2 aliphatic carbocycles. The van der Waals surface area contributed by atoms with Gasteiger partial charge in [-0.2, -0.15) is 0 Å². The molecule has 0 heterocycles. The quantitative estimate of drug-likeness (QED) is 0.822. The van der Waals surface area contributed by atoms with Crippen LogP contribution in [0.1, 0.15) is 57.8 Å². The highest BCUT2D eigenvalue weighted by atomic mass is 16.4. The van der Waals surface area contributed by atoms with Gasteiger partial charge in [0.05, 0.1) is 11.8 Å². The molecular formula is C15H25NO3. The second kappa shape index (κ2) is 6.92. The fraction of sp³-hybridized carbons (Fsp3) is 0.867. The molecule has 108 valence electrons. The zero-order chi connectivity index (χ0) is 13.7. The number of carbonyl (C=O) groups is 2. The number of hydrogen-bond acceptors (Lipinski definition) is 2. The van der Waals surface area contributed by atoms with E-state index in [2.05, 4.69) is 5.32 Å². The van der Waals surface area contributed by atoms with Gasteiger partial charge < -0.3 is 10.4 Å². The molecule has 2 aliphatic rings. The van der Waals surface area contributed by atoms with E-state index in [1.807, 2.05) is 0 Å². The zero-order valence-electron chi connectivity index (χ0n) is 11.6. The maximum atomic E-state index is 12.2. The van der Waals surface area contributed by atoms with E-state index in [1.165, 1.54) is 32.1 Å². The van der Waals surface area contributed by atoms with Crippen molar-refractivity contribution in [1.82, 2.24) is 5.32 Å². The van der Waals surface area contributed by atoms with Crippen molar-refractivity contribution in [2.45, 2.75) is 57.8 Å². The standard InChI is InChI=1S/C15H25NO3/c17-14(16-10-11-6-2-1-3-7-11)12-8-4-5-9-13(12)15(18)19/h11-13H,1-10H2,(H,16,17)(H,18,19)/t12-,13+/m1/s1. The van der Waals surface area contributed by atoms with Gasteiger partial charge in [0, 0.05) is 6.54 Å². The van der Waals surface area contributed by atoms with Gasteiger partial charge in [-0.05, 0) is 31.6 Å². The Morgan fingerprint density at radius 2 is 1.47 bits per heavy atom. The van der Waals surface area contributed by atoms with Gasteiger partial charge in [-0.3, -0.25) is 9.59 Å². The predicted molar refractivity (Wildman–Crippen MR) is 72.7 cm³/mol. The average Bonchev–Trinajstić information content (AvgIpc) is 2.46. The maximum Gasteiger partial charge on any atom is 0.307 e. The lowest BCUT2D eigenvalue weighted by Crippen LogP contribution is -2.41. The van der Waals surface area contributed by atoms with E-state index in [0.29, 0.717) is 12.3 Å². The molecule has 0 aliphatic heterocycles. The highest BCUT2D eigenvalue weighted by Crippen LogP contribution is 2.30. The number of carboxylic acids is 1. The molecule has 2 saturated carbocycles. The van der Waals surface area contributed by atoms with Crippen molar-refractivity contribution in [3.8, 4) is 0 Å². The Balaban J connectivity index is 1.81. The fourth-order valence-corrected chi connectivity index (χ4v) is 3.51. The van der Waals surface area contributed by atoms with Gasteiger partial charge in [0.25, 0.3) is 0 Å². The first kappa shape index (κ1) is 14.4. The minimum atomic E-state index is -0.808. The SMILES string of the molecule is O=C(O)[C@H]1CCCC[C@H]1C(=O)NCC1CCCCC1. The lowest BCUT2D eigenvalue weighted by atomic mass is 9.78. The summed E-state index contributed by atoms with van der Waals surface area (Å²) in [5.41, 5.74) is 0. The van der Waals surface area contributed by atoms with Crippen molar-refractivity contribution in [3.05, 3.63) is 0 Å². The fourth-order valence-electron chi connectivity index (χ4n) is 3.51. The van der Waals surface area contributed by atoms with E-state index in [1.54, 1.807) is 0 Å². The molecule has 0 unspecified atom stereocenters. The Morgan fingerprint density at radius 3 is 2.11 bits per heavy atom. The molecule has 0 aromatic heterocycles. The van der Waals surface area contributed by atoms with Gasteiger partial charge in [0.1, 0.15) is 0 Å². The summed E-state index contributed by atoms with van der Waals surface area (Å²) in [4.78, 5) is 23.4. The molecule has 4 heteroatoms. The van der Waals surface area contributed by atoms with Crippen LogP contribution in [0, 0.1) is 17.8 Å². The summed E-state index contributed by atoms with van der Waals surface area (Å²) < 4.78 is 0. The van der Waals surface area contributed by atoms with Crippen molar-refractivity contribution >= 4 is 11.9 Å². The number of amides is 1. The number of hydrogen-bond donors (Lipinski definition) is 2. The second-order valence-corrected chi connectivity index (χ2v) is 6.08. The molecule has 0 bridgehead atoms. The molecule has 2 rings (SSSR count). The van der Waals surface area contributed by atoms with E-state index < -0.39 is 11.9 Å². The van der Waals surface area contributed by atoms with E-state index >= 15 is 0 Å². The van der Waals surface area contributed by atoms with E-state index in [9.17, 15) is 14.7 Å². The molecule has 4 nitrogen and oxygen atoms in total. The van der Waals surface area contributed by atoms with Gasteiger partial charge in [-0.25, -0.2) is 0 Å². The van der Waals surface area contributed by atoms with Crippen LogP contribution in [0.2, 0.25) is 0 Å². The first-order chi connectivity index (χ1) is 9.18. The second-order valence-electron chi connectivity index (χ2n) is 6.08. The summed E-state index contributed by atoms with van der Waals surface area (Å²) in [5.74, 6) is -1.02. The third-order valence-electron chi connectivity index (χ3n) is 4.71. The minimum absolute atomic E-state index is 0.0299. The smallest absolute Gasteiger partial charge is 0.307 e. The summed E-state index contributed by atoms with van der Waals surface area (Å²) in [6, 6.07) is 0. The Bertz CT molecular complexity index is 323. The summed E-state index contributed by atoms with van der Waals surface area (Å²) in [7, 11) is 0. The third kappa shape index (κ3) is 3.95. The van der Waals surface area contributed by atoms with Crippen LogP contribution in [-0.4, -0.2) is 23.5 Å². The highest BCUT2D eigenvalue weighted by Gasteiger charge is 2.35. The number of aliphatic carboxylic acids is 1. The van der Waals surface area contributed by atoms with Crippen LogP contribution >= 0.6 is 0 Å². The maximum absolute atomic E-state index is 12.2. The number of rotatable bonds is 4. The molecule has 0 radical (unpaired) electrons. The van der Waals surface area contributed by atoms with Crippen molar-refractivity contribution in [1.29, 1.82) is 0 Å². The average molecular weight is 267 g/mol. The summed E-state index contributed by atoms with van der Waals surface area (Å²) in [6.07, 6.45) is 9.54. The molecule has 0 aromatic carbocycles. The topological polar surface area (TPSA) is 66.4 Å². The molecule has 19 heavy (non-hydrogen) atoms. The van der Waals surface area contributed by atoms with Gasteiger partial charge in [-0.15, -0.1) is 0 Å². The third-order valence-corrected chi connectivity index (χ3v) is 4.71. The minimum Gasteiger partial charge on any atom is -0.481 e. The molecule has 0 aromatic rings. The Morgan fingerprint density at radius 1 is 0.895 bits per heavy atom. The lowest BCUT2D eigenvalue weighted by Gasteiger charge is -2.29. The first-order valence-electron chi connectivity index (χ1n) is 7.69. The van der Waals surface area contributed by atoms with E-state index in [0.717, 1.165) is 25.8 Å². The van der Waals surface area contributed by atoms with Gasteiger partial charge >= 0.3 is 5.97 Å². The molecule has 0 saturated heterocycles. The van der Waals surface area contributed by atoms with Crippen LogP contribution in [0.25, 0.3) is 0 Å². The highest BCUT2D eigenvalue weighted by molar-refractivity contribution is 5.84. The molecule has 2 atom stereocenters. The summed E-state index contributed by atoms with van der Waals surface area (Å²) >= 11 is 0. The van der Waals surface area contributed by atoms with Crippen molar-refractivity contribution in [2.75, 3.05) is 6.54 Å². The van der Waals surface area contributed by atoms with Crippen molar-refractivity contribution in [2.24, 2.45) is 17.8 Å². The van der Waals surface area contributed by atoms with Gasteiger partial charge in [0.15, 0.2) is 0 Å². The van der Waals surface area contributed by atoms with Crippen LogP contribution in [0.15, 0.2) is 0 Å². The normalized spacial score (nSPS) is 28.8. The van der Waals surface area contributed by atoms with Crippen LogP contribution < -0.4 is 5.32 Å². The Labute approximate surface area is 115 Å². The molecule has 2 fully saturated rings. The summed E-state index contributed by atoms with van der Waals surface area (Å²) in [6.45, 7) is 0.738. The van der Waals surface area contributed by atoms with Crippen molar-refractivity contribution < 1.29 is 14.7 Å². The lowest BCUT2D eigenvalue weighted by molar-refractivity contribution is -0.149. The van der Waals surface area contributed by atoms with Gasteiger partial charge in [-0.1, -0.05) is 32.1 Å². The van der Waals surface area contributed by atoms with Crippen LogP contribution in [0.5, 0.6) is 0 Å². The molecular weight excluding hydrogens is 242 g/mol. The molecule has 2 N–H and O–H groups in total. The Kier molecular flexibility index (Phi) is 5.23. The van der Waals surface area contributed by atoms with Gasteiger partial charge in [0.2, 0.25) is 5.91 Å². The largest absolute Gasteiger partial charge is 0.481 e. The zero-order valence-corrected chi connectivity index (χ0v) is 11.6. The van der Waals surface area contributed by atoms with Crippen LogP contribution in [-0.2, 0) is 9.59 Å². The van der Waals surface area contributed by atoms with E-state index in [4.69, 9.17) is 0 Å². The number of nitrogens with one attached hydrogen (secondary N) is 1. The Hall–Kier alpha value is -1.06. The van der Waals surface area contributed by atoms with E-state index in [-0.39, 0.29) is 11.8 Å². The first-order valence-corrected chi connectivity index (χ1v) is 7.69. The summed E-state index contributed by atoms with van der Waals surface area (Å²) in [5, 5.41) is 12.2. The van der Waals surface area contributed by atoms with Crippen LogP contribution in [0.4, 0.5) is 0 Å². The number of carboxylic acid groups (broad SMARTS) is 1. The predicted octanol–water partition coefficient (Wildman–Crippen LogP) is 2.57. The molecule has 1 amide bonds.